The second-order valence-electron chi connectivity index (χ2n) is 6.66. The van der Waals surface area contributed by atoms with Gasteiger partial charge in [0.15, 0.2) is 0 Å². The van der Waals surface area contributed by atoms with Crippen LogP contribution in [0.25, 0.3) is 0 Å². The lowest BCUT2D eigenvalue weighted by molar-refractivity contribution is 0.186. The van der Waals surface area contributed by atoms with E-state index in [1.54, 1.807) is 17.4 Å². The van der Waals surface area contributed by atoms with Gasteiger partial charge in [0.2, 0.25) is 0 Å². The number of rotatable bonds is 4. The summed E-state index contributed by atoms with van der Waals surface area (Å²) in [5, 5.41) is 9.31. The Morgan fingerprint density at radius 1 is 1.10 bits per heavy atom. The van der Waals surface area contributed by atoms with E-state index >= 15 is 0 Å². The van der Waals surface area contributed by atoms with Crippen LogP contribution in [0, 0.1) is 5.92 Å². The Kier molecular flexibility index (Phi) is 3.34. The predicted molar refractivity (Wildman–Crippen MR) is 82.5 cm³/mol. The van der Waals surface area contributed by atoms with Crippen LogP contribution in [0.15, 0.2) is 41.2 Å². The lowest BCUT2D eigenvalue weighted by Crippen LogP contribution is -2.30. The van der Waals surface area contributed by atoms with Crippen molar-refractivity contribution in [3.63, 3.8) is 0 Å². The molecular formula is C19H22O2. The summed E-state index contributed by atoms with van der Waals surface area (Å²) >= 11 is 0. The fraction of sp³-hybridized carbons (Fsp3) is 0.474. The molecule has 1 aromatic carbocycles. The molecule has 110 valence electrons. The normalized spacial score (nSPS) is 26.8. The van der Waals surface area contributed by atoms with Crippen LogP contribution in [0.3, 0.4) is 0 Å². The summed E-state index contributed by atoms with van der Waals surface area (Å²) in [4.78, 5) is 0. The van der Waals surface area contributed by atoms with E-state index in [0.717, 1.165) is 18.8 Å². The SMILES string of the molecule is OCC[C@@H]1C[C@H]2CC[C@@H]1c1cc(Cc3ccoc3)ccc12. The number of aliphatic hydroxyl groups excluding tert-OH is 1. The van der Waals surface area contributed by atoms with Crippen LogP contribution in [0.2, 0.25) is 0 Å². The van der Waals surface area contributed by atoms with Crippen molar-refractivity contribution in [1.82, 2.24) is 0 Å². The quantitative estimate of drug-likeness (QED) is 0.910. The summed E-state index contributed by atoms with van der Waals surface area (Å²) in [6.07, 6.45) is 9.41. The van der Waals surface area contributed by atoms with Crippen molar-refractivity contribution >= 4 is 0 Å². The zero-order valence-electron chi connectivity index (χ0n) is 12.3. The third kappa shape index (κ3) is 2.32. The van der Waals surface area contributed by atoms with Gasteiger partial charge in [-0.2, -0.15) is 0 Å². The summed E-state index contributed by atoms with van der Waals surface area (Å²) in [5.41, 5.74) is 5.77. The van der Waals surface area contributed by atoms with Crippen LogP contribution in [-0.2, 0) is 6.42 Å². The van der Waals surface area contributed by atoms with E-state index in [4.69, 9.17) is 4.42 Å². The molecule has 3 aliphatic rings. The van der Waals surface area contributed by atoms with Gasteiger partial charge in [0.05, 0.1) is 12.5 Å². The highest BCUT2D eigenvalue weighted by molar-refractivity contribution is 5.42. The van der Waals surface area contributed by atoms with Gasteiger partial charge in [0.1, 0.15) is 0 Å². The van der Waals surface area contributed by atoms with Crippen LogP contribution in [0.5, 0.6) is 0 Å². The molecule has 21 heavy (non-hydrogen) atoms. The van der Waals surface area contributed by atoms with E-state index in [1.165, 1.54) is 30.4 Å². The van der Waals surface area contributed by atoms with Crippen molar-refractivity contribution in [2.75, 3.05) is 6.61 Å². The van der Waals surface area contributed by atoms with Gasteiger partial charge in [-0.25, -0.2) is 0 Å². The highest BCUT2D eigenvalue weighted by Gasteiger charge is 2.39. The first-order valence-electron chi connectivity index (χ1n) is 8.10. The van der Waals surface area contributed by atoms with Crippen LogP contribution < -0.4 is 0 Å². The summed E-state index contributed by atoms with van der Waals surface area (Å²) in [6.45, 7) is 0.331. The maximum atomic E-state index is 9.31. The molecule has 1 aromatic heterocycles. The molecule has 5 rings (SSSR count). The van der Waals surface area contributed by atoms with E-state index in [1.807, 2.05) is 12.3 Å². The summed E-state index contributed by atoms with van der Waals surface area (Å²) < 4.78 is 5.17. The lowest BCUT2D eigenvalue weighted by atomic mass is 9.61. The molecule has 0 aliphatic heterocycles. The van der Waals surface area contributed by atoms with Crippen molar-refractivity contribution in [1.29, 1.82) is 0 Å². The average molecular weight is 282 g/mol. The lowest BCUT2D eigenvalue weighted by Gasteiger charge is -2.44. The van der Waals surface area contributed by atoms with E-state index in [2.05, 4.69) is 18.2 Å². The van der Waals surface area contributed by atoms with Gasteiger partial charge < -0.3 is 9.52 Å². The van der Waals surface area contributed by atoms with Gasteiger partial charge in [0, 0.05) is 13.0 Å². The molecule has 0 radical (unpaired) electrons. The van der Waals surface area contributed by atoms with Gasteiger partial charge in [-0.3, -0.25) is 0 Å². The Balaban J connectivity index is 1.65. The molecule has 1 saturated carbocycles. The minimum atomic E-state index is 0.331. The molecule has 3 atom stereocenters. The molecule has 0 spiro atoms. The molecule has 2 heteroatoms. The summed E-state index contributed by atoms with van der Waals surface area (Å²) in [5.74, 6) is 2.08. The van der Waals surface area contributed by atoms with Gasteiger partial charge in [-0.05, 0) is 71.8 Å². The first kappa shape index (κ1) is 13.1. The number of aliphatic hydroxyl groups is 1. The third-order valence-corrected chi connectivity index (χ3v) is 5.46. The molecule has 2 nitrogen and oxygen atoms in total. The van der Waals surface area contributed by atoms with Gasteiger partial charge >= 0.3 is 0 Å². The Hall–Kier alpha value is -1.54. The van der Waals surface area contributed by atoms with Gasteiger partial charge in [-0.1, -0.05) is 18.2 Å². The van der Waals surface area contributed by atoms with Crippen LogP contribution in [-0.4, -0.2) is 11.7 Å². The van der Waals surface area contributed by atoms with Crippen LogP contribution >= 0.6 is 0 Å². The van der Waals surface area contributed by atoms with Gasteiger partial charge in [0.25, 0.3) is 0 Å². The molecule has 2 bridgehead atoms. The monoisotopic (exact) mass is 282 g/mol. The van der Waals surface area contributed by atoms with E-state index in [9.17, 15) is 5.11 Å². The number of hydrogen-bond acceptors (Lipinski definition) is 2. The minimum Gasteiger partial charge on any atom is -0.472 e. The molecule has 1 fully saturated rings. The van der Waals surface area contributed by atoms with Crippen LogP contribution in [0.4, 0.5) is 0 Å². The van der Waals surface area contributed by atoms with Gasteiger partial charge in [-0.15, -0.1) is 0 Å². The molecular weight excluding hydrogens is 260 g/mol. The first-order valence-corrected chi connectivity index (χ1v) is 8.10. The first-order chi connectivity index (χ1) is 10.3. The third-order valence-electron chi connectivity index (χ3n) is 5.46. The molecule has 0 unspecified atom stereocenters. The highest BCUT2D eigenvalue weighted by Crippen LogP contribution is 2.53. The smallest absolute Gasteiger partial charge is 0.0937 e. The molecule has 2 aromatic rings. The highest BCUT2D eigenvalue weighted by atomic mass is 16.3. The van der Waals surface area contributed by atoms with E-state index in [-0.39, 0.29) is 0 Å². The average Bonchev–Trinajstić information content (AvgIpc) is 3.01. The Bertz CT molecular complexity index is 615. The standard InChI is InChI=1S/C19H22O2/c20-7-5-16-11-15-2-4-18(16)19-10-13(1-3-17(15)19)9-14-6-8-21-12-14/h1,3,6,8,10,12,15-16,18,20H,2,4-5,7,9,11H2/t15-,16-,18+/m1/s1. The number of hydrogen-bond donors (Lipinski definition) is 1. The number of benzene rings is 1. The van der Waals surface area contributed by atoms with Crippen molar-refractivity contribution in [2.24, 2.45) is 5.92 Å². The molecule has 3 aliphatic carbocycles. The Morgan fingerprint density at radius 2 is 2.05 bits per heavy atom. The maximum Gasteiger partial charge on any atom is 0.0937 e. The Morgan fingerprint density at radius 3 is 2.86 bits per heavy atom. The van der Waals surface area contributed by atoms with E-state index < -0.39 is 0 Å². The largest absolute Gasteiger partial charge is 0.472 e. The van der Waals surface area contributed by atoms with Crippen molar-refractivity contribution in [2.45, 2.75) is 43.9 Å². The number of furan rings is 1. The van der Waals surface area contributed by atoms with Crippen molar-refractivity contribution < 1.29 is 9.52 Å². The molecule has 0 amide bonds. The summed E-state index contributed by atoms with van der Waals surface area (Å²) in [6, 6.07) is 9.10. The molecule has 1 N–H and O–H groups in total. The second-order valence-corrected chi connectivity index (χ2v) is 6.66. The number of fused-ring (bicyclic) bond motifs is 2. The van der Waals surface area contributed by atoms with Crippen molar-refractivity contribution in [3.05, 3.63) is 59.0 Å². The summed E-state index contributed by atoms with van der Waals surface area (Å²) in [7, 11) is 0. The Labute approximate surface area is 125 Å². The maximum absolute atomic E-state index is 9.31. The second kappa shape index (κ2) is 5.34. The minimum absolute atomic E-state index is 0.331. The fourth-order valence-corrected chi connectivity index (χ4v) is 4.50. The fourth-order valence-electron chi connectivity index (χ4n) is 4.50. The van der Waals surface area contributed by atoms with E-state index in [0.29, 0.717) is 18.4 Å². The van der Waals surface area contributed by atoms with Crippen molar-refractivity contribution in [3.8, 4) is 0 Å². The zero-order chi connectivity index (χ0) is 14.2. The molecule has 0 saturated heterocycles. The zero-order valence-corrected chi connectivity index (χ0v) is 12.3. The van der Waals surface area contributed by atoms with Crippen LogP contribution in [0.1, 0.15) is 59.8 Å². The predicted octanol–water partition coefficient (Wildman–Crippen LogP) is 4.23. The topological polar surface area (TPSA) is 33.4 Å². The molecule has 1 heterocycles.